The molecule has 0 unspecified atom stereocenters. The van der Waals surface area contributed by atoms with Crippen LogP contribution in [-0.4, -0.2) is 34.6 Å². The second-order valence-electron chi connectivity index (χ2n) is 11.4. The first-order chi connectivity index (χ1) is 18.7. The van der Waals surface area contributed by atoms with Crippen LogP contribution in [0.5, 0.6) is 0 Å². The van der Waals surface area contributed by atoms with Gasteiger partial charge in [0, 0.05) is 39.9 Å². The lowest BCUT2D eigenvalue weighted by Gasteiger charge is -2.46. The highest BCUT2D eigenvalue weighted by molar-refractivity contribution is 7.90. The molecule has 1 saturated heterocycles. The fraction of sp³-hybridized carbons (Fsp3) is 0.267. The van der Waals surface area contributed by atoms with Gasteiger partial charge in [-0.3, -0.25) is 9.59 Å². The van der Waals surface area contributed by atoms with Gasteiger partial charge in [0.05, 0.1) is 10.9 Å². The number of hydrogen-bond acceptors (Lipinski definition) is 4. The Kier molecular flexibility index (Phi) is 7.16. The second kappa shape index (κ2) is 10.1. The van der Waals surface area contributed by atoms with Gasteiger partial charge in [-0.15, -0.1) is 5.54 Å². The minimum absolute atomic E-state index is 0.00431. The van der Waals surface area contributed by atoms with Crippen LogP contribution in [0.3, 0.4) is 0 Å². The molecule has 0 aromatic heterocycles. The largest absolute Gasteiger partial charge is 0.348 e. The number of fused-ring (bicyclic) bond motifs is 2. The lowest BCUT2D eigenvalue weighted by molar-refractivity contribution is -0.131. The third-order valence-corrected chi connectivity index (χ3v) is 9.82. The van der Waals surface area contributed by atoms with Crippen LogP contribution < -0.4 is 10.6 Å². The summed E-state index contributed by atoms with van der Waals surface area (Å²) in [5.74, 6) is 1.86. The van der Waals surface area contributed by atoms with Crippen molar-refractivity contribution in [3.05, 3.63) is 93.0 Å². The van der Waals surface area contributed by atoms with Gasteiger partial charge in [-0.1, -0.05) is 67.0 Å². The van der Waals surface area contributed by atoms with Crippen molar-refractivity contribution in [2.24, 2.45) is 0 Å². The Bertz CT molecular complexity index is 1740. The SMILES string of the molecule is C[Si](C)(C)C#Cc1ccc(S(C)(=O)=O)c([C@H]2NC(=O)C[C@@H](c3cccc(Cl)c3)[C@]23C(=O)Nc2cc(Cl)ccc23)c1. The number of halogens is 2. The molecule has 0 aliphatic carbocycles. The predicted octanol–water partition coefficient (Wildman–Crippen LogP) is 5.86. The van der Waals surface area contributed by atoms with Crippen LogP contribution in [-0.2, 0) is 24.8 Å². The van der Waals surface area contributed by atoms with Gasteiger partial charge in [0.15, 0.2) is 9.84 Å². The van der Waals surface area contributed by atoms with E-state index in [2.05, 4.69) is 41.7 Å². The van der Waals surface area contributed by atoms with E-state index >= 15 is 0 Å². The Morgan fingerprint density at radius 3 is 2.38 bits per heavy atom. The molecule has 1 spiro atoms. The number of sulfone groups is 1. The van der Waals surface area contributed by atoms with Crippen molar-refractivity contribution in [3.63, 3.8) is 0 Å². The maximum atomic E-state index is 14.3. The average Bonchev–Trinajstić information content (AvgIpc) is 3.13. The summed E-state index contributed by atoms with van der Waals surface area (Å²) in [5.41, 5.74) is 4.66. The Hall–Kier alpha value is -3.09. The van der Waals surface area contributed by atoms with Gasteiger partial charge in [-0.2, -0.15) is 0 Å². The van der Waals surface area contributed by atoms with Crippen molar-refractivity contribution >= 4 is 58.6 Å². The Morgan fingerprint density at radius 2 is 1.70 bits per heavy atom. The summed E-state index contributed by atoms with van der Waals surface area (Å²) in [4.78, 5) is 27.7. The van der Waals surface area contributed by atoms with E-state index in [4.69, 9.17) is 23.2 Å². The van der Waals surface area contributed by atoms with Crippen molar-refractivity contribution in [1.82, 2.24) is 5.32 Å². The molecular weight excluding hydrogens is 583 g/mol. The third kappa shape index (κ3) is 5.08. The molecule has 206 valence electrons. The Balaban J connectivity index is 1.85. The van der Waals surface area contributed by atoms with Crippen molar-refractivity contribution in [2.75, 3.05) is 11.6 Å². The highest BCUT2D eigenvalue weighted by Crippen LogP contribution is 2.58. The minimum Gasteiger partial charge on any atom is -0.348 e. The zero-order chi connectivity index (χ0) is 29.0. The van der Waals surface area contributed by atoms with Crippen LogP contribution in [0.4, 0.5) is 5.69 Å². The molecule has 2 amide bonds. The van der Waals surface area contributed by atoms with Crippen LogP contribution >= 0.6 is 23.2 Å². The number of nitrogens with one attached hydrogen (secondary N) is 2. The minimum atomic E-state index is -3.76. The van der Waals surface area contributed by atoms with E-state index in [1.165, 1.54) is 6.07 Å². The molecule has 2 heterocycles. The second-order valence-corrected chi connectivity index (χ2v) is 19.0. The number of hydrogen-bond donors (Lipinski definition) is 2. The number of anilines is 1. The molecule has 0 bridgehead atoms. The summed E-state index contributed by atoms with van der Waals surface area (Å²) < 4.78 is 26.2. The molecule has 2 N–H and O–H groups in total. The Morgan fingerprint density at radius 1 is 0.975 bits per heavy atom. The van der Waals surface area contributed by atoms with Gasteiger partial charge in [0.2, 0.25) is 11.8 Å². The van der Waals surface area contributed by atoms with Crippen LogP contribution in [0.2, 0.25) is 29.7 Å². The molecule has 1 fully saturated rings. The topological polar surface area (TPSA) is 92.3 Å². The van der Waals surface area contributed by atoms with Gasteiger partial charge in [0.1, 0.15) is 13.5 Å². The number of rotatable bonds is 3. The molecule has 6 nitrogen and oxygen atoms in total. The first-order valence-electron chi connectivity index (χ1n) is 12.7. The van der Waals surface area contributed by atoms with Crippen molar-refractivity contribution < 1.29 is 18.0 Å². The predicted molar refractivity (Wildman–Crippen MR) is 161 cm³/mol. The third-order valence-electron chi connectivity index (χ3n) is 7.30. The smallest absolute Gasteiger partial charge is 0.238 e. The summed E-state index contributed by atoms with van der Waals surface area (Å²) in [6.45, 7) is 6.34. The molecular formula is C30H28Cl2N2O4SSi. The zero-order valence-corrected chi connectivity index (χ0v) is 25.8. The Labute approximate surface area is 245 Å². The van der Waals surface area contributed by atoms with Crippen molar-refractivity contribution in [2.45, 2.75) is 48.3 Å². The highest BCUT2D eigenvalue weighted by Gasteiger charge is 2.61. The number of piperidine rings is 1. The molecule has 2 aliphatic rings. The van der Waals surface area contributed by atoms with Crippen LogP contribution in [0.25, 0.3) is 0 Å². The van der Waals surface area contributed by atoms with E-state index < -0.39 is 35.3 Å². The van der Waals surface area contributed by atoms with E-state index in [0.29, 0.717) is 38.0 Å². The normalized spacial score (nSPS) is 22.2. The number of carbonyl (C=O) groups is 2. The first-order valence-corrected chi connectivity index (χ1v) is 18.9. The van der Waals surface area contributed by atoms with Gasteiger partial charge < -0.3 is 10.6 Å². The van der Waals surface area contributed by atoms with E-state index in [1.807, 2.05) is 6.07 Å². The van der Waals surface area contributed by atoms with Crippen LogP contribution in [0.15, 0.2) is 65.6 Å². The van der Waals surface area contributed by atoms with E-state index in [9.17, 15) is 18.0 Å². The van der Waals surface area contributed by atoms with E-state index in [-0.39, 0.29) is 23.1 Å². The quantitative estimate of drug-likeness (QED) is 0.287. The lowest BCUT2D eigenvalue weighted by atomic mass is 9.59. The van der Waals surface area contributed by atoms with Crippen LogP contribution in [0.1, 0.15) is 40.6 Å². The molecule has 0 saturated carbocycles. The summed E-state index contributed by atoms with van der Waals surface area (Å²) in [7, 11) is -5.51. The molecule has 0 radical (unpaired) electrons. The van der Waals surface area contributed by atoms with Gasteiger partial charge in [-0.25, -0.2) is 8.42 Å². The average molecular weight is 612 g/mol. The highest BCUT2D eigenvalue weighted by atomic mass is 35.5. The summed E-state index contributed by atoms with van der Waals surface area (Å²) in [6.07, 6.45) is 1.11. The van der Waals surface area contributed by atoms with Gasteiger partial charge in [-0.05, 0) is 59.2 Å². The molecule has 2 aliphatic heterocycles. The molecule has 3 atom stereocenters. The number of carbonyl (C=O) groups excluding carboxylic acids is 2. The van der Waals surface area contributed by atoms with Gasteiger partial charge in [0.25, 0.3) is 0 Å². The lowest BCUT2D eigenvalue weighted by Crippen LogP contribution is -2.57. The van der Waals surface area contributed by atoms with E-state index in [1.54, 1.807) is 48.5 Å². The summed E-state index contributed by atoms with van der Waals surface area (Å²) in [6, 6.07) is 16.1. The number of amides is 2. The first kappa shape index (κ1) is 28.4. The summed E-state index contributed by atoms with van der Waals surface area (Å²) in [5, 5.41) is 6.87. The molecule has 3 aromatic rings. The van der Waals surface area contributed by atoms with Crippen molar-refractivity contribution in [1.29, 1.82) is 0 Å². The molecule has 5 rings (SSSR count). The molecule has 3 aromatic carbocycles. The maximum absolute atomic E-state index is 14.3. The maximum Gasteiger partial charge on any atom is 0.238 e. The molecule has 40 heavy (non-hydrogen) atoms. The number of benzene rings is 3. The van der Waals surface area contributed by atoms with E-state index in [0.717, 1.165) is 6.26 Å². The zero-order valence-electron chi connectivity index (χ0n) is 22.4. The molecule has 10 heteroatoms. The fourth-order valence-electron chi connectivity index (χ4n) is 5.72. The van der Waals surface area contributed by atoms with Crippen molar-refractivity contribution in [3.8, 4) is 11.5 Å². The monoisotopic (exact) mass is 610 g/mol. The summed E-state index contributed by atoms with van der Waals surface area (Å²) >= 11 is 12.7. The fourth-order valence-corrected chi connectivity index (χ4v) is 7.53. The standard InChI is InChI=1S/C30H28Cl2N2O4SSi/c1-39(37,38)26-11-8-18(12-13-40(2,3)4)14-22(26)28-30(23-10-9-21(32)16-25(23)33-29(30)36)24(17-27(35)34-28)19-6-5-7-20(31)15-19/h5-11,14-16,24,28H,17H2,1-4H3,(H,33,36)(H,34,35)/t24-,28+,30-/m0/s1. The van der Waals surface area contributed by atoms with Gasteiger partial charge >= 0.3 is 0 Å². The van der Waals surface area contributed by atoms with Crippen LogP contribution in [0, 0.1) is 11.5 Å².